The highest BCUT2D eigenvalue weighted by Crippen LogP contribution is 2.44. The maximum atomic E-state index is 12.7. The predicted molar refractivity (Wildman–Crippen MR) is 115 cm³/mol. The Morgan fingerprint density at radius 2 is 1.90 bits per heavy atom. The molecule has 0 spiro atoms. The average Bonchev–Trinajstić information content (AvgIpc) is 3.55. The highest BCUT2D eigenvalue weighted by molar-refractivity contribution is 5.92. The van der Waals surface area contributed by atoms with Gasteiger partial charge in [-0.1, -0.05) is 36.4 Å². The SMILES string of the molecule is O=C(c1cnccn1)N1CC[C@H](c2ccc(-c3ccccc3C3CC3)cc2CO)C1. The standard InChI is InChI=1S/C25H25N3O2/c29-16-20-13-18(23-4-2-1-3-22(23)17-5-6-17)7-8-21(20)19-9-12-28(15-19)25(30)24-14-26-10-11-27-24/h1-4,7-8,10-11,13-14,17,19,29H,5-6,9,12,15-16H2/t19-/m0/s1. The molecule has 1 amide bonds. The monoisotopic (exact) mass is 399 g/mol. The summed E-state index contributed by atoms with van der Waals surface area (Å²) >= 11 is 0. The van der Waals surface area contributed by atoms with Gasteiger partial charge >= 0.3 is 0 Å². The van der Waals surface area contributed by atoms with Crippen molar-refractivity contribution in [2.45, 2.75) is 37.7 Å². The average molecular weight is 399 g/mol. The van der Waals surface area contributed by atoms with E-state index in [0.717, 1.165) is 23.1 Å². The van der Waals surface area contributed by atoms with E-state index in [1.807, 2.05) is 4.90 Å². The largest absolute Gasteiger partial charge is 0.392 e. The molecule has 2 aromatic carbocycles. The van der Waals surface area contributed by atoms with Crippen molar-refractivity contribution in [3.63, 3.8) is 0 Å². The summed E-state index contributed by atoms with van der Waals surface area (Å²) in [5, 5.41) is 10.1. The summed E-state index contributed by atoms with van der Waals surface area (Å²) in [6.07, 6.45) is 8.04. The number of carbonyl (C=O) groups is 1. The number of amides is 1. The summed E-state index contributed by atoms with van der Waals surface area (Å²) in [6.45, 7) is 1.33. The zero-order valence-electron chi connectivity index (χ0n) is 16.9. The van der Waals surface area contributed by atoms with E-state index in [2.05, 4.69) is 52.4 Å². The van der Waals surface area contributed by atoms with E-state index in [-0.39, 0.29) is 18.4 Å². The van der Waals surface area contributed by atoms with Gasteiger partial charge in [-0.15, -0.1) is 0 Å². The molecule has 2 aliphatic rings. The molecule has 1 aromatic heterocycles. The molecule has 5 rings (SSSR count). The second-order valence-electron chi connectivity index (χ2n) is 8.26. The van der Waals surface area contributed by atoms with Gasteiger partial charge in [-0.05, 0) is 59.1 Å². The van der Waals surface area contributed by atoms with E-state index >= 15 is 0 Å². The molecule has 2 fully saturated rings. The van der Waals surface area contributed by atoms with E-state index in [0.29, 0.717) is 24.7 Å². The first kappa shape index (κ1) is 18.9. The number of rotatable bonds is 5. The van der Waals surface area contributed by atoms with Crippen LogP contribution in [0.2, 0.25) is 0 Å². The minimum atomic E-state index is -0.0777. The molecule has 1 atom stereocenters. The van der Waals surface area contributed by atoms with Crippen molar-refractivity contribution in [2.24, 2.45) is 0 Å². The molecule has 0 radical (unpaired) electrons. The van der Waals surface area contributed by atoms with Crippen LogP contribution in [0.25, 0.3) is 11.1 Å². The smallest absolute Gasteiger partial charge is 0.274 e. The van der Waals surface area contributed by atoms with Gasteiger partial charge in [0.15, 0.2) is 0 Å². The summed E-state index contributed by atoms with van der Waals surface area (Å²) < 4.78 is 0. The number of benzene rings is 2. The molecular weight excluding hydrogens is 374 g/mol. The lowest BCUT2D eigenvalue weighted by molar-refractivity contribution is 0.0784. The zero-order valence-corrected chi connectivity index (χ0v) is 16.9. The van der Waals surface area contributed by atoms with Crippen LogP contribution in [0, 0.1) is 0 Å². The van der Waals surface area contributed by atoms with E-state index in [9.17, 15) is 9.90 Å². The number of carbonyl (C=O) groups excluding carboxylic acids is 1. The van der Waals surface area contributed by atoms with Gasteiger partial charge in [-0.25, -0.2) is 4.98 Å². The third-order valence-corrected chi connectivity index (χ3v) is 6.30. The maximum absolute atomic E-state index is 12.7. The Balaban J connectivity index is 1.39. The highest BCUT2D eigenvalue weighted by Gasteiger charge is 2.30. The summed E-state index contributed by atoms with van der Waals surface area (Å²) in [5.74, 6) is 0.820. The van der Waals surface area contributed by atoms with Gasteiger partial charge in [0.05, 0.1) is 12.8 Å². The van der Waals surface area contributed by atoms with Gasteiger partial charge in [-0.3, -0.25) is 9.78 Å². The van der Waals surface area contributed by atoms with Crippen LogP contribution in [-0.2, 0) is 6.61 Å². The third kappa shape index (κ3) is 3.61. The van der Waals surface area contributed by atoms with Crippen molar-refractivity contribution in [1.82, 2.24) is 14.9 Å². The predicted octanol–water partition coefficient (Wildman–Crippen LogP) is 4.14. The molecule has 3 aromatic rings. The molecule has 1 N–H and O–H groups in total. The first-order chi connectivity index (χ1) is 14.7. The molecule has 5 heteroatoms. The number of aromatic nitrogens is 2. The van der Waals surface area contributed by atoms with Gasteiger partial charge in [0.25, 0.3) is 5.91 Å². The molecule has 1 saturated carbocycles. The summed E-state index contributed by atoms with van der Waals surface area (Å²) in [6, 6.07) is 15.0. The lowest BCUT2D eigenvalue weighted by Gasteiger charge is -2.19. The zero-order chi connectivity index (χ0) is 20.5. The third-order valence-electron chi connectivity index (χ3n) is 6.30. The van der Waals surface area contributed by atoms with Gasteiger partial charge in [0.1, 0.15) is 5.69 Å². The van der Waals surface area contributed by atoms with E-state index < -0.39 is 0 Å². The van der Waals surface area contributed by atoms with Crippen LogP contribution in [0.4, 0.5) is 0 Å². The van der Waals surface area contributed by atoms with Crippen molar-refractivity contribution in [3.05, 3.63) is 83.4 Å². The van der Waals surface area contributed by atoms with Crippen molar-refractivity contribution >= 4 is 5.91 Å². The number of aliphatic hydroxyl groups excluding tert-OH is 1. The number of hydrogen-bond acceptors (Lipinski definition) is 4. The van der Waals surface area contributed by atoms with Gasteiger partial charge in [0, 0.05) is 31.4 Å². The summed E-state index contributed by atoms with van der Waals surface area (Å²) in [4.78, 5) is 22.7. The molecule has 0 unspecified atom stereocenters. The lowest BCUT2D eigenvalue weighted by Crippen LogP contribution is -2.29. The van der Waals surface area contributed by atoms with Crippen molar-refractivity contribution < 1.29 is 9.90 Å². The molecule has 2 heterocycles. The normalized spacial score (nSPS) is 18.6. The fourth-order valence-corrected chi connectivity index (χ4v) is 4.59. The van der Waals surface area contributed by atoms with Crippen LogP contribution >= 0.6 is 0 Å². The quantitative estimate of drug-likeness (QED) is 0.700. The first-order valence-corrected chi connectivity index (χ1v) is 10.6. The highest BCUT2D eigenvalue weighted by atomic mass is 16.3. The van der Waals surface area contributed by atoms with Crippen molar-refractivity contribution in [3.8, 4) is 11.1 Å². The van der Waals surface area contributed by atoms with Crippen LogP contribution in [-0.4, -0.2) is 39.0 Å². The molecule has 1 aliphatic heterocycles. The van der Waals surface area contributed by atoms with E-state index in [1.165, 1.54) is 30.2 Å². The topological polar surface area (TPSA) is 66.3 Å². The van der Waals surface area contributed by atoms with Crippen LogP contribution in [0.15, 0.2) is 61.1 Å². The maximum Gasteiger partial charge on any atom is 0.274 e. The molecule has 152 valence electrons. The number of aliphatic hydroxyl groups is 1. The van der Waals surface area contributed by atoms with E-state index in [1.54, 1.807) is 12.4 Å². The minimum Gasteiger partial charge on any atom is -0.392 e. The Labute approximate surface area is 176 Å². The number of likely N-dealkylation sites (tertiary alicyclic amines) is 1. The van der Waals surface area contributed by atoms with Crippen molar-refractivity contribution in [2.75, 3.05) is 13.1 Å². The fraction of sp³-hybridized carbons (Fsp3) is 0.320. The Morgan fingerprint density at radius 3 is 2.67 bits per heavy atom. The van der Waals surface area contributed by atoms with Crippen LogP contribution in [0.3, 0.4) is 0 Å². The van der Waals surface area contributed by atoms with Gasteiger partial charge in [-0.2, -0.15) is 0 Å². The Kier molecular flexibility index (Phi) is 5.05. The molecule has 5 nitrogen and oxygen atoms in total. The van der Waals surface area contributed by atoms with E-state index in [4.69, 9.17) is 0 Å². The lowest BCUT2D eigenvalue weighted by atomic mass is 9.89. The summed E-state index contributed by atoms with van der Waals surface area (Å²) in [5.41, 5.74) is 6.32. The molecule has 30 heavy (non-hydrogen) atoms. The molecule has 1 aliphatic carbocycles. The number of nitrogens with zero attached hydrogens (tertiary/aromatic N) is 3. The molecule has 0 bridgehead atoms. The van der Waals surface area contributed by atoms with Gasteiger partial charge in [0.2, 0.25) is 0 Å². The van der Waals surface area contributed by atoms with Crippen molar-refractivity contribution in [1.29, 1.82) is 0 Å². The van der Waals surface area contributed by atoms with Crippen LogP contribution in [0.5, 0.6) is 0 Å². The van der Waals surface area contributed by atoms with Gasteiger partial charge < -0.3 is 10.0 Å². The minimum absolute atomic E-state index is 0.00335. The Hall–Kier alpha value is -3.05. The molecule has 1 saturated heterocycles. The van der Waals surface area contributed by atoms with Crippen LogP contribution < -0.4 is 0 Å². The number of hydrogen-bond donors (Lipinski definition) is 1. The first-order valence-electron chi connectivity index (χ1n) is 10.6. The van der Waals surface area contributed by atoms with Crippen LogP contribution in [0.1, 0.15) is 58.3 Å². The summed E-state index contributed by atoms with van der Waals surface area (Å²) in [7, 11) is 0. The Bertz CT molecular complexity index is 1060. The second-order valence-corrected chi connectivity index (χ2v) is 8.26. The second kappa shape index (κ2) is 8.00. The fourth-order valence-electron chi connectivity index (χ4n) is 4.59. The molecular formula is C25H25N3O2. The Morgan fingerprint density at radius 1 is 1.03 bits per heavy atom.